The van der Waals surface area contributed by atoms with E-state index in [0.717, 1.165) is 46.3 Å². The second-order valence-electron chi connectivity index (χ2n) is 12.7. The average Bonchev–Trinajstić information content (AvgIpc) is 3.25. The second kappa shape index (κ2) is 9.38. The second-order valence-corrected chi connectivity index (χ2v) is 12.7. The third kappa shape index (κ3) is 4.33. The third-order valence-corrected chi connectivity index (χ3v) is 8.07. The molecule has 1 nitrogen and oxygen atoms in total. The zero-order chi connectivity index (χ0) is 27.4. The van der Waals surface area contributed by atoms with Gasteiger partial charge < -0.3 is 0 Å². The molecule has 194 valence electrons. The van der Waals surface area contributed by atoms with Crippen molar-refractivity contribution in [3.05, 3.63) is 111 Å². The molecule has 38 heavy (non-hydrogen) atoms. The van der Waals surface area contributed by atoms with Gasteiger partial charge in [0.15, 0.2) is 5.78 Å². The Morgan fingerprint density at radius 2 is 1.18 bits per heavy atom. The van der Waals surface area contributed by atoms with Gasteiger partial charge in [0.2, 0.25) is 0 Å². The zero-order valence-electron chi connectivity index (χ0n) is 24.3. The molecule has 0 fully saturated rings. The number of aryl methyl sites for hydroxylation is 2. The summed E-state index contributed by atoms with van der Waals surface area (Å²) in [6, 6.07) is 21.8. The Balaban J connectivity index is 1.78. The first kappa shape index (κ1) is 26.2. The molecule has 0 N–H and O–H groups in total. The molecule has 3 aromatic carbocycles. The van der Waals surface area contributed by atoms with E-state index < -0.39 is 0 Å². The first-order chi connectivity index (χ1) is 18.0. The quantitative estimate of drug-likeness (QED) is 0.348. The van der Waals surface area contributed by atoms with Crippen LogP contribution in [0.2, 0.25) is 0 Å². The van der Waals surface area contributed by atoms with Crippen molar-refractivity contribution < 1.29 is 4.79 Å². The Hall–Kier alpha value is -3.45. The number of fused-ring (bicyclic) bond motifs is 3. The largest absolute Gasteiger partial charge is 0.289 e. The molecular formula is C37H40O. The van der Waals surface area contributed by atoms with Gasteiger partial charge in [-0.15, -0.1) is 0 Å². The van der Waals surface area contributed by atoms with Crippen molar-refractivity contribution >= 4 is 23.0 Å². The van der Waals surface area contributed by atoms with Crippen LogP contribution in [-0.4, -0.2) is 5.78 Å². The van der Waals surface area contributed by atoms with Crippen LogP contribution in [0, 0.1) is 5.41 Å². The first-order valence-electron chi connectivity index (χ1n) is 14.0. The lowest BCUT2D eigenvalue weighted by Gasteiger charge is -2.30. The van der Waals surface area contributed by atoms with E-state index in [4.69, 9.17) is 0 Å². The predicted molar refractivity (Wildman–Crippen MR) is 163 cm³/mol. The third-order valence-electron chi connectivity index (χ3n) is 8.07. The molecule has 0 bridgehead atoms. The van der Waals surface area contributed by atoms with Gasteiger partial charge in [-0.25, -0.2) is 0 Å². The van der Waals surface area contributed by atoms with Gasteiger partial charge in [-0.2, -0.15) is 0 Å². The van der Waals surface area contributed by atoms with Gasteiger partial charge in [-0.3, -0.25) is 4.79 Å². The maximum atomic E-state index is 14.4. The number of hydrogen-bond acceptors (Lipinski definition) is 1. The summed E-state index contributed by atoms with van der Waals surface area (Å²) in [7, 11) is 0. The minimum atomic E-state index is -0.167. The highest BCUT2D eigenvalue weighted by atomic mass is 16.1. The average molecular weight is 501 g/mol. The Morgan fingerprint density at radius 1 is 0.605 bits per heavy atom. The summed E-state index contributed by atoms with van der Waals surface area (Å²) in [4.78, 5) is 14.4. The number of carbonyl (C=O) groups excluding carboxylic acids is 1. The molecule has 2 aliphatic rings. The Labute approximate surface area is 229 Å². The number of rotatable bonds is 4. The molecular weight excluding hydrogens is 460 g/mol. The van der Waals surface area contributed by atoms with E-state index in [2.05, 4.69) is 128 Å². The lowest BCUT2D eigenvalue weighted by atomic mass is 9.73. The summed E-state index contributed by atoms with van der Waals surface area (Å²) in [5.41, 5.74) is 13.6. The highest BCUT2D eigenvalue weighted by molar-refractivity contribution is 6.39. The van der Waals surface area contributed by atoms with Crippen molar-refractivity contribution in [3.63, 3.8) is 0 Å². The number of carbonyl (C=O) groups is 1. The van der Waals surface area contributed by atoms with Crippen LogP contribution in [0.25, 0.3) is 28.3 Å². The summed E-state index contributed by atoms with van der Waals surface area (Å²) in [5, 5.41) is 0. The first-order valence-corrected chi connectivity index (χ1v) is 14.0. The van der Waals surface area contributed by atoms with Crippen LogP contribution in [0.15, 0.2) is 77.9 Å². The Bertz CT molecular complexity index is 1540. The van der Waals surface area contributed by atoms with E-state index in [1.54, 1.807) is 0 Å². The number of ketones is 1. The van der Waals surface area contributed by atoms with E-state index in [1.165, 1.54) is 33.4 Å². The van der Waals surface area contributed by atoms with Gasteiger partial charge in [-0.1, -0.05) is 104 Å². The van der Waals surface area contributed by atoms with Crippen LogP contribution >= 0.6 is 0 Å². The van der Waals surface area contributed by atoms with Crippen LogP contribution in [0.3, 0.4) is 0 Å². The number of Topliss-reactive ketones (excluding diaryl/α,β-unsaturated/α-hetero) is 1. The van der Waals surface area contributed by atoms with E-state index in [-0.39, 0.29) is 16.6 Å². The normalized spacial score (nSPS) is 15.3. The Morgan fingerprint density at radius 3 is 1.76 bits per heavy atom. The molecule has 0 spiro atoms. The van der Waals surface area contributed by atoms with Crippen LogP contribution < -0.4 is 0 Å². The van der Waals surface area contributed by atoms with Gasteiger partial charge in [0, 0.05) is 11.1 Å². The molecule has 3 aromatic rings. The fraction of sp³-hybridized carbons (Fsp3) is 0.324. The highest BCUT2D eigenvalue weighted by Gasteiger charge is 2.37. The van der Waals surface area contributed by atoms with E-state index in [0.29, 0.717) is 0 Å². The fourth-order valence-electron chi connectivity index (χ4n) is 6.03. The van der Waals surface area contributed by atoms with Gasteiger partial charge in [0.25, 0.3) is 0 Å². The highest BCUT2D eigenvalue weighted by Crippen LogP contribution is 2.50. The van der Waals surface area contributed by atoms with Gasteiger partial charge >= 0.3 is 0 Å². The van der Waals surface area contributed by atoms with Crippen molar-refractivity contribution in [2.45, 2.75) is 73.6 Å². The molecule has 0 atom stereocenters. The molecule has 0 saturated heterocycles. The predicted octanol–water partition coefficient (Wildman–Crippen LogP) is 9.64. The fourth-order valence-corrected chi connectivity index (χ4v) is 6.03. The van der Waals surface area contributed by atoms with Crippen molar-refractivity contribution in [1.29, 1.82) is 0 Å². The SMILES string of the molecule is CCc1ccccc1C1=C(C(C)(C)C)C=C2C(=Cc3cc(-c4ccccc4CC)c(C(C)(C)C)cc32)C1=O. The minimum Gasteiger partial charge on any atom is -0.289 e. The molecule has 1 heteroatoms. The molecule has 2 aliphatic carbocycles. The smallest absolute Gasteiger partial charge is 0.194 e. The van der Waals surface area contributed by atoms with Crippen molar-refractivity contribution in [2.75, 3.05) is 0 Å². The lowest BCUT2D eigenvalue weighted by molar-refractivity contribution is -0.110. The van der Waals surface area contributed by atoms with Crippen molar-refractivity contribution in [2.24, 2.45) is 5.41 Å². The monoisotopic (exact) mass is 500 g/mol. The van der Waals surface area contributed by atoms with Crippen LogP contribution in [0.1, 0.15) is 88.8 Å². The minimum absolute atomic E-state index is 0.0405. The molecule has 0 aliphatic heterocycles. The molecule has 0 radical (unpaired) electrons. The van der Waals surface area contributed by atoms with Crippen molar-refractivity contribution in [3.8, 4) is 11.1 Å². The van der Waals surface area contributed by atoms with Crippen LogP contribution in [-0.2, 0) is 23.1 Å². The molecule has 0 unspecified atom stereocenters. The van der Waals surface area contributed by atoms with Gasteiger partial charge in [0.1, 0.15) is 0 Å². The molecule has 0 saturated carbocycles. The molecule has 0 heterocycles. The number of benzene rings is 3. The van der Waals surface area contributed by atoms with Gasteiger partial charge in [-0.05, 0) is 104 Å². The van der Waals surface area contributed by atoms with Gasteiger partial charge in [0.05, 0.1) is 0 Å². The summed E-state index contributed by atoms with van der Waals surface area (Å²) < 4.78 is 0. The maximum Gasteiger partial charge on any atom is 0.194 e. The summed E-state index contributed by atoms with van der Waals surface area (Å²) in [5.74, 6) is 0.150. The Kier molecular flexibility index (Phi) is 6.46. The van der Waals surface area contributed by atoms with E-state index in [1.807, 2.05) is 0 Å². The van der Waals surface area contributed by atoms with Crippen molar-refractivity contribution in [1.82, 2.24) is 0 Å². The zero-order valence-corrected chi connectivity index (χ0v) is 24.3. The molecule has 0 aromatic heterocycles. The van der Waals surface area contributed by atoms with E-state index >= 15 is 0 Å². The summed E-state index contributed by atoms with van der Waals surface area (Å²) in [6.07, 6.45) is 6.34. The van der Waals surface area contributed by atoms with E-state index in [9.17, 15) is 4.79 Å². The molecule has 0 amide bonds. The van der Waals surface area contributed by atoms with Crippen LogP contribution in [0.4, 0.5) is 0 Å². The summed E-state index contributed by atoms with van der Waals surface area (Å²) in [6.45, 7) is 17.9. The topological polar surface area (TPSA) is 17.1 Å². The standard InChI is InChI=1S/C37H40O/c1-9-23-15-11-13-17-26(23)30-19-25-20-31-29(28(25)21-32(30)36(3,4)5)22-33(37(6,7)8)34(35(31)38)27-18-14-12-16-24(27)10-2/h11-22H,9-10H2,1-8H3. The van der Waals surface area contributed by atoms with Crippen LogP contribution in [0.5, 0.6) is 0 Å². The molecule has 5 rings (SSSR count). The summed E-state index contributed by atoms with van der Waals surface area (Å²) >= 11 is 0. The lowest BCUT2D eigenvalue weighted by Crippen LogP contribution is -2.20. The number of hydrogen-bond donors (Lipinski definition) is 0. The number of allylic oxidation sites excluding steroid dienone is 5. The maximum absolute atomic E-state index is 14.4.